The molecule has 2 aromatic carbocycles. The minimum absolute atomic E-state index is 0.0122. The van der Waals surface area contributed by atoms with E-state index in [2.05, 4.69) is 15.5 Å². The molecule has 0 unspecified atom stereocenters. The number of hydrogen-bond acceptors (Lipinski definition) is 5. The second-order valence-corrected chi connectivity index (χ2v) is 5.92. The monoisotopic (exact) mass is 323 g/mol. The fourth-order valence-electron chi connectivity index (χ4n) is 2.34. The van der Waals surface area contributed by atoms with Gasteiger partial charge in [0.25, 0.3) is 0 Å². The maximum absolute atomic E-state index is 9.54. The quantitative estimate of drug-likeness (QED) is 0.550. The summed E-state index contributed by atoms with van der Waals surface area (Å²) < 4.78 is 0. The molecule has 1 aromatic heterocycles. The third kappa shape index (κ3) is 3.64. The molecule has 0 aliphatic heterocycles. The molecule has 0 fully saturated rings. The Kier molecular flexibility index (Phi) is 4.80. The Morgan fingerprint density at radius 3 is 2.61 bits per heavy atom. The van der Waals surface area contributed by atoms with Crippen LogP contribution in [-0.2, 0) is 6.61 Å². The molecule has 0 amide bonds. The van der Waals surface area contributed by atoms with Gasteiger partial charge in [-0.15, -0.1) is 11.3 Å². The van der Waals surface area contributed by atoms with Crippen molar-refractivity contribution in [2.24, 2.45) is 5.10 Å². The van der Waals surface area contributed by atoms with Gasteiger partial charge < -0.3 is 5.11 Å². The third-order valence-corrected chi connectivity index (χ3v) is 4.29. The first-order chi connectivity index (χ1) is 11.3. The van der Waals surface area contributed by atoms with Crippen molar-refractivity contribution in [1.82, 2.24) is 4.98 Å². The van der Waals surface area contributed by atoms with Crippen molar-refractivity contribution < 1.29 is 5.11 Å². The van der Waals surface area contributed by atoms with E-state index in [1.165, 1.54) is 11.3 Å². The zero-order valence-electron chi connectivity index (χ0n) is 12.7. The summed E-state index contributed by atoms with van der Waals surface area (Å²) >= 11 is 1.52. The summed E-state index contributed by atoms with van der Waals surface area (Å²) in [4.78, 5) is 4.31. The highest BCUT2D eigenvalue weighted by Crippen LogP contribution is 2.26. The summed E-state index contributed by atoms with van der Waals surface area (Å²) in [5.74, 6) is 0. The van der Waals surface area contributed by atoms with Crippen LogP contribution in [0.25, 0.3) is 11.1 Å². The lowest BCUT2D eigenvalue weighted by Crippen LogP contribution is -1.95. The van der Waals surface area contributed by atoms with Gasteiger partial charge in [-0.25, -0.2) is 4.98 Å². The minimum Gasteiger partial charge on any atom is -0.392 e. The van der Waals surface area contributed by atoms with Gasteiger partial charge in [-0.1, -0.05) is 48.5 Å². The number of aliphatic hydroxyl groups is 1. The van der Waals surface area contributed by atoms with E-state index in [1.807, 2.05) is 60.8 Å². The van der Waals surface area contributed by atoms with E-state index in [9.17, 15) is 5.11 Å². The van der Waals surface area contributed by atoms with Crippen LogP contribution in [0.5, 0.6) is 0 Å². The van der Waals surface area contributed by atoms with E-state index in [1.54, 1.807) is 6.21 Å². The Bertz CT molecular complexity index is 826. The molecule has 2 N–H and O–H groups in total. The first kappa shape index (κ1) is 15.4. The Hall–Kier alpha value is -2.50. The number of aliphatic hydroxyl groups excluding tert-OH is 1. The number of hydrazone groups is 1. The molecule has 0 saturated heterocycles. The molecule has 0 bridgehead atoms. The SMILES string of the molecule is Cc1csc(NN=Cc2ccccc2-c2ccccc2CO)n1. The van der Waals surface area contributed by atoms with Crippen LogP contribution in [0.4, 0.5) is 5.13 Å². The van der Waals surface area contributed by atoms with Gasteiger partial charge in [0.05, 0.1) is 18.5 Å². The van der Waals surface area contributed by atoms with Gasteiger partial charge in [0.15, 0.2) is 0 Å². The molecule has 4 nitrogen and oxygen atoms in total. The number of aryl methyl sites for hydroxylation is 1. The Balaban J connectivity index is 1.89. The van der Waals surface area contributed by atoms with Crippen molar-refractivity contribution in [3.63, 3.8) is 0 Å². The number of aromatic nitrogens is 1. The van der Waals surface area contributed by atoms with Crippen LogP contribution in [0.1, 0.15) is 16.8 Å². The lowest BCUT2D eigenvalue weighted by Gasteiger charge is -2.10. The lowest BCUT2D eigenvalue weighted by atomic mass is 9.96. The number of hydrogen-bond donors (Lipinski definition) is 2. The molecule has 0 saturated carbocycles. The molecule has 23 heavy (non-hydrogen) atoms. The molecule has 0 aliphatic carbocycles. The number of rotatable bonds is 5. The van der Waals surface area contributed by atoms with Gasteiger partial charge in [0, 0.05) is 10.9 Å². The van der Waals surface area contributed by atoms with Gasteiger partial charge in [-0.2, -0.15) is 5.10 Å². The van der Waals surface area contributed by atoms with Crippen LogP contribution in [-0.4, -0.2) is 16.3 Å². The fraction of sp³-hybridized carbons (Fsp3) is 0.111. The molecule has 116 valence electrons. The van der Waals surface area contributed by atoms with Gasteiger partial charge in [0.1, 0.15) is 0 Å². The van der Waals surface area contributed by atoms with Gasteiger partial charge in [0.2, 0.25) is 5.13 Å². The third-order valence-electron chi connectivity index (χ3n) is 3.42. The van der Waals surface area contributed by atoms with E-state index in [0.717, 1.165) is 33.1 Å². The van der Waals surface area contributed by atoms with Crippen LogP contribution in [0.3, 0.4) is 0 Å². The second-order valence-electron chi connectivity index (χ2n) is 5.07. The number of benzene rings is 2. The van der Waals surface area contributed by atoms with Crippen molar-refractivity contribution >= 4 is 22.7 Å². The molecule has 1 heterocycles. The van der Waals surface area contributed by atoms with Crippen molar-refractivity contribution in [3.05, 3.63) is 70.7 Å². The molecule has 0 radical (unpaired) electrons. The van der Waals surface area contributed by atoms with Gasteiger partial charge in [-0.3, -0.25) is 5.43 Å². The molecule has 3 aromatic rings. The minimum atomic E-state index is 0.0122. The van der Waals surface area contributed by atoms with Gasteiger partial charge >= 0.3 is 0 Å². The predicted octanol–water partition coefficient (Wildman–Crippen LogP) is 4.06. The van der Waals surface area contributed by atoms with E-state index >= 15 is 0 Å². The Morgan fingerprint density at radius 2 is 1.87 bits per heavy atom. The lowest BCUT2D eigenvalue weighted by molar-refractivity contribution is 0.282. The Morgan fingerprint density at radius 1 is 1.13 bits per heavy atom. The normalized spacial score (nSPS) is 11.0. The van der Waals surface area contributed by atoms with Crippen LogP contribution in [0.15, 0.2) is 59.0 Å². The summed E-state index contributed by atoms with van der Waals surface area (Å²) in [6, 6.07) is 15.8. The number of anilines is 1. The largest absolute Gasteiger partial charge is 0.392 e. The second kappa shape index (κ2) is 7.17. The summed E-state index contributed by atoms with van der Waals surface area (Å²) in [6.07, 6.45) is 1.78. The topological polar surface area (TPSA) is 57.5 Å². The number of thiazole rings is 1. The zero-order chi connectivity index (χ0) is 16.1. The van der Waals surface area contributed by atoms with Crippen LogP contribution < -0.4 is 5.43 Å². The zero-order valence-corrected chi connectivity index (χ0v) is 13.5. The van der Waals surface area contributed by atoms with Gasteiger partial charge in [-0.05, 0) is 23.6 Å². The average molecular weight is 323 g/mol. The Labute approximate surface area is 139 Å². The summed E-state index contributed by atoms with van der Waals surface area (Å²) in [5, 5.41) is 16.6. The first-order valence-corrected chi connectivity index (χ1v) is 8.15. The number of nitrogens with zero attached hydrogens (tertiary/aromatic N) is 2. The molecule has 0 spiro atoms. The van der Waals surface area contributed by atoms with E-state index < -0.39 is 0 Å². The van der Waals surface area contributed by atoms with Crippen molar-refractivity contribution in [2.75, 3.05) is 5.43 Å². The van der Waals surface area contributed by atoms with Crippen molar-refractivity contribution in [3.8, 4) is 11.1 Å². The molecular formula is C18H17N3OS. The molecular weight excluding hydrogens is 306 g/mol. The van der Waals surface area contributed by atoms with E-state index in [4.69, 9.17) is 0 Å². The van der Waals surface area contributed by atoms with Crippen LogP contribution in [0, 0.1) is 6.92 Å². The van der Waals surface area contributed by atoms with Crippen LogP contribution in [0.2, 0.25) is 0 Å². The molecule has 5 heteroatoms. The first-order valence-electron chi connectivity index (χ1n) is 7.27. The summed E-state index contributed by atoms with van der Waals surface area (Å²) in [5.41, 5.74) is 7.86. The maximum atomic E-state index is 9.54. The van der Waals surface area contributed by atoms with Crippen molar-refractivity contribution in [1.29, 1.82) is 0 Å². The molecule has 0 atom stereocenters. The highest BCUT2D eigenvalue weighted by atomic mass is 32.1. The van der Waals surface area contributed by atoms with Crippen molar-refractivity contribution in [2.45, 2.75) is 13.5 Å². The van der Waals surface area contributed by atoms with Crippen LogP contribution >= 0.6 is 11.3 Å². The van der Waals surface area contributed by atoms with E-state index in [0.29, 0.717) is 0 Å². The predicted molar refractivity (Wildman–Crippen MR) is 95.9 cm³/mol. The average Bonchev–Trinajstić information content (AvgIpc) is 3.00. The molecule has 3 rings (SSSR count). The fourth-order valence-corrected chi connectivity index (χ4v) is 2.98. The highest BCUT2D eigenvalue weighted by Gasteiger charge is 2.07. The standard InChI is InChI=1S/C18H17N3OS/c1-13-12-23-18(20-13)21-19-10-14-6-2-4-8-16(14)17-9-5-3-7-15(17)11-22/h2-10,12,22H,11H2,1H3,(H,20,21). The summed E-state index contributed by atoms with van der Waals surface area (Å²) in [7, 11) is 0. The number of nitrogens with one attached hydrogen (secondary N) is 1. The summed E-state index contributed by atoms with van der Waals surface area (Å²) in [6.45, 7) is 1.96. The maximum Gasteiger partial charge on any atom is 0.203 e. The molecule has 0 aliphatic rings. The van der Waals surface area contributed by atoms with E-state index in [-0.39, 0.29) is 6.61 Å². The highest BCUT2D eigenvalue weighted by molar-refractivity contribution is 7.13. The smallest absolute Gasteiger partial charge is 0.203 e.